The lowest BCUT2D eigenvalue weighted by Crippen LogP contribution is -1.82. The molecule has 0 aromatic heterocycles. The quantitative estimate of drug-likeness (QED) is 0.207. The van der Waals surface area contributed by atoms with Crippen molar-refractivity contribution in [1.29, 1.82) is 0 Å². The van der Waals surface area contributed by atoms with Gasteiger partial charge in [-0.3, -0.25) is 0 Å². The highest BCUT2D eigenvalue weighted by atomic mass is 14.8. The van der Waals surface area contributed by atoms with Gasteiger partial charge in [0.1, 0.15) is 0 Å². The molecule has 0 aliphatic carbocycles. The first kappa shape index (κ1) is 14.4. The first-order chi connectivity index (χ1) is 7.41. The zero-order valence-corrected chi connectivity index (χ0v) is 10.2. The Labute approximate surface area is 94.7 Å². The average Bonchev–Trinajstić information content (AvgIpc) is 2.26. The van der Waals surface area contributed by atoms with Crippen molar-refractivity contribution in [2.24, 2.45) is 0 Å². The Morgan fingerprint density at radius 1 is 0.800 bits per heavy atom. The van der Waals surface area contributed by atoms with E-state index in [0.29, 0.717) is 0 Å². The van der Waals surface area contributed by atoms with Gasteiger partial charge in [-0.2, -0.15) is 4.79 Å². The molecule has 0 spiro atoms. The number of hydrogen-bond acceptors (Lipinski definition) is 0. The second-order valence-corrected chi connectivity index (χ2v) is 4.27. The molecule has 0 aromatic carbocycles. The Morgan fingerprint density at radius 2 is 1.27 bits per heavy atom. The molecule has 0 unspecified atom stereocenters. The molecule has 0 rings (SSSR count). The number of rotatable bonds is 11. The summed E-state index contributed by atoms with van der Waals surface area (Å²) >= 11 is 0. The summed E-state index contributed by atoms with van der Waals surface area (Å²) in [5.74, 6) is 0. The van der Waals surface area contributed by atoms with E-state index in [2.05, 4.69) is 11.7 Å². The van der Waals surface area contributed by atoms with E-state index in [4.69, 9.17) is 5.53 Å². The van der Waals surface area contributed by atoms with Gasteiger partial charge >= 0.3 is 0 Å². The number of unbranched alkanes of at least 4 members (excludes halogenated alkanes) is 10. The van der Waals surface area contributed by atoms with Crippen molar-refractivity contribution in [2.45, 2.75) is 77.6 Å². The molecule has 0 bridgehead atoms. The van der Waals surface area contributed by atoms with Gasteiger partial charge in [-0.1, -0.05) is 64.7 Å². The highest BCUT2D eigenvalue weighted by Gasteiger charge is 1.92. The fourth-order valence-corrected chi connectivity index (χ4v) is 1.78. The summed E-state index contributed by atoms with van der Waals surface area (Å²) in [6.45, 7) is 2.26. The Balaban J connectivity index is 2.89. The highest BCUT2D eigenvalue weighted by molar-refractivity contribution is 5.49. The van der Waals surface area contributed by atoms with Gasteiger partial charge in [-0.15, -0.1) is 0 Å². The lowest BCUT2D eigenvalue weighted by atomic mass is 10.1. The molecule has 88 valence electrons. The minimum absolute atomic E-state index is 0.924. The largest absolute Gasteiger partial charge is 0.362 e. The maximum Gasteiger partial charge on any atom is 0.257 e. The van der Waals surface area contributed by atoms with Crippen molar-refractivity contribution in [3.63, 3.8) is 0 Å². The monoisotopic (exact) mass is 210 g/mol. The molecule has 2 nitrogen and oxygen atoms in total. The molecule has 0 fully saturated rings. The van der Waals surface area contributed by atoms with Crippen LogP contribution < -0.4 is 0 Å². The van der Waals surface area contributed by atoms with E-state index in [0.717, 1.165) is 6.42 Å². The fourth-order valence-electron chi connectivity index (χ4n) is 1.78. The Bertz CT molecular complexity index is 160. The predicted octanol–water partition coefficient (Wildman–Crippen LogP) is 4.60. The number of nitrogens with zero attached hydrogens (tertiary/aromatic N) is 2. The van der Waals surface area contributed by atoms with Gasteiger partial charge in [-0.05, 0) is 6.42 Å². The molecular formula is C13H26N2. The molecule has 15 heavy (non-hydrogen) atoms. The van der Waals surface area contributed by atoms with Crippen LogP contribution in [-0.2, 0) is 0 Å². The van der Waals surface area contributed by atoms with Crippen molar-refractivity contribution in [2.75, 3.05) is 0 Å². The topological polar surface area (TPSA) is 36.4 Å². The standard InChI is InChI=1S/C13H26N2/c1-2-3-4-5-6-7-8-9-10-11-12-13-15-14/h13H,2-12H2,1H3. The first-order valence-corrected chi connectivity index (χ1v) is 6.57. The van der Waals surface area contributed by atoms with Gasteiger partial charge in [-0.25, -0.2) is 0 Å². The van der Waals surface area contributed by atoms with Gasteiger partial charge in [0, 0.05) is 6.42 Å². The third-order valence-corrected chi connectivity index (χ3v) is 2.77. The van der Waals surface area contributed by atoms with Gasteiger partial charge in [0.25, 0.3) is 6.21 Å². The average molecular weight is 210 g/mol. The normalized spacial score (nSPS) is 9.93. The summed E-state index contributed by atoms with van der Waals surface area (Å²) in [6, 6.07) is 0. The zero-order chi connectivity index (χ0) is 11.2. The summed E-state index contributed by atoms with van der Waals surface area (Å²) in [5.41, 5.74) is 8.18. The Hall–Kier alpha value is -0.620. The van der Waals surface area contributed by atoms with Crippen LogP contribution in [-0.4, -0.2) is 11.0 Å². The fraction of sp³-hybridized carbons (Fsp3) is 0.923. The van der Waals surface area contributed by atoms with E-state index < -0.39 is 0 Å². The predicted molar refractivity (Wildman–Crippen MR) is 66.1 cm³/mol. The molecule has 0 N–H and O–H groups in total. The van der Waals surface area contributed by atoms with Gasteiger partial charge in [0.2, 0.25) is 0 Å². The smallest absolute Gasteiger partial charge is 0.257 e. The molecule has 2 heteroatoms. The molecule has 0 aliphatic rings. The number of hydrogen-bond donors (Lipinski definition) is 0. The van der Waals surface area contributed by atoms with E-state index in [1.54, 1.807) is 6.21 Å². The third-order valence-electron chi connectivity index (χ3n) is 2.77. The zero-order valence-electron chi connectivity index (χ0n) is 10.2. The van der Waals surface area contributed by atoms with Gasteiger partial charge < -0.3 is 5.53 Å². The van der Waals surface area contributed by atoms with E-state index >= 15 is 0 Å². The second-order valence-electron chi connectivity index (χ2n) is 4.27. The van der Waals surface area contributed by atoms with Crippen molar-refractivity contribution < 1.29 is 4.79 Å². The minimum atomic E-state index is 0.924. The summed E-state index contributed by atoms with van der Waals surface area (Å²) in [5, 5.41) is 0. The van der Waals surface area contributed by atoms with E-state index in [1.165, 1.54) is 64.2 Å². The molecule has 0 saturated heterocycles. The summed E-state index contributed by atoms with van der Waals surface area (Å²) in [4.78, 5) is 2.99. The molecular weight excluding hydrogens is 184 g/mol. The van der Waals surface area contributed by atoms with Gasteiger partial charge in [0.15, 0.2) is 0 Å². The SMILES string of the molecule is CCCCCCCCCCCCC=[N+]=[N-]. The molecule has 0 heterocycles. The van der Waals surface area contributed by atoms with Crippen molar-refractivity contribution in [1.82, 2.24) is 0 Å². The van der Waals surface area contributed by atoms with Crippen LogP contribution in [0.15, 0.2) is 0 Å². The maximum absolute atomic E-state index is 8.18. The summed E-state index contributed by atoms with van der Waals surface area (Å²) in [7, 11) is 0. The third kappa shape index (κ3) is 13.4. The maximum atomic E-state index is 8.18. The summed E-state index contributed by atoms with van der Waals surface area (Å²) < 4.78 is 0. The molecule has 0 aliphatic heterocycles. The van der Waals surface area contributed by atoms with Crippen LogP contribution in [0.25, 0.3) is 5.53 Å². The lowest BCUT2D eigenvalue weighted by Gasteiger charge is -2.00. The van der Waals surface area contributed by atoms with E-state index in [1.807, 2.05) is 0 Å². The van der Waals surface area contributed by atoms with Gasteiger partial charge in [0.05, 0.1) is 0 Å². The van der Waals surface area contributed by atoms with Crippen LogP contribution in [0.5, 0.6) is 0 Å². The molecule has 0 radical (unpaired) electrons. The van der Waals surface area contributed by atoms with Crippen LogP contribution in [0.3, 0.4) is 0 Å². The van der Waals surface area contributed by atoms with Crippen LogP contribution >= 0.6 is 0 Å². The van der Waals surface area contributed by atoms with Crippen LogP contribution in [0, 0.1) is 0 Å². The Kier molecular flexibility index (Phi) is 12.8. The van der Waals surface area contributed by atoms with Crippen molar-refractivity contribution in [3.05, 3.63) is 5.53 Å². The molecule has 0 amide bonds. The van der Waals surface area contributed by atoms with Crippen LogP contribution in [0.4, 0.5) is 0 Å². The van der Waals surface area contributed by atoms with Crippen LogP contribution in [0.2, 0.25) is 0 Å². The summed E-state index contributed by atoms with van der Waals surface area (Å²) in [6.07, 6.45) is 16.1. The highest BCUT2D eigenvalue weighted by Crippen LogP contribution is 2.10. The van der Waals surface area contributed by atoms with Crippen molar-refractivity contribution in [3.8, 4) is 0 Å². The van der Waals surface area contributed by atoms with Crippen LogP contribution in [0.1, 0.15) is 77.6 Å². The van der Waals surface area contributed by atoms with E-state index in [-0.39, 0.29) is 0 Å². The first-order valence-electron chi connectivity index (χ1n) is 6.57. The minimum Gasteiger partial charge on any atom is -0.362 e. The molecule has 0 atom stereocenters. The van der Waals surface area contributed by atoms with E-state index in [9.17, 15) is 0 Å². The molecule has 0 aromatic rings. The Morgan fingerprint density at radius 3 is 1.73 bits per heavy atom. The lowest BCUT2D eigenvalue weighted by molar-refractivity contribution is 0.000734. The second kappa shape index (κ2) is 13.4. The van der Waals surface area contributed by atoms with Crippen molar-refractivity contribution >= 4 is 6.21 Å². The molecule has 0 saturated carbocycles.